The van der Waals surface area contributed by atoms with Crippen molar-refractivity contribution in [1.29, 1.82) is 0 Å². The first-order valence-electron chi connectivity index (χ1n) is 7.05. The highest BCUT2D eigenvalue weighted by Gasteiger charge is 2.40. The standard InChI is InChI=1S/C15H21BrN2/c1-2-17-12-9-14-6-7-15(10-12)18(14)13-5-3-4-11(16)8-13/h3-5,8,12,14-15,17H,2,6-7,9-10H2,1H3. The van der Waals surface area contributed by atoms with Gasteiger partial charge < -0.3 is 10.2 Å². The molecule has 0 radical (unpaired) electrons. The van der Waals surface area contributed by atoms with Crippen molar-refractivity contribution in [2.75, 3.05) is 11.4 Å². The van der Waals surface area contributed by atoms with Crippen LogP contribution in [0.5, 0.6) is 0 Å². The molecule has 2 aliphatic heterocycles. The second kappa shape index (κ2) is 5.22. The molecule has 1 aromatic carbocycles. The number of hydrogen-bond acceptors (Lipinski definition) is 2. The fourth-order valence-electron chi connectivity index (χ4n) is 3.69. The Kier molecular flexibility index (Phi) is 3.62. The monoisotopic (exact) mass is 308 g/mol. The summed E-state index contributed by atoms with van der Waals surface area (Å²) in [5.41, 5.74) is 1.40. The third-order valence-corrected chi connectivity index (χ3v) is 4.83. The summed E-state index contributed by atoms with van der Waals surface area (Å²) in [6, 6.07) is 11.0. The molecule has 2 aliphatic rings. The van der Waals surface area contributed by atoms with Gasteiger partial charge in [-0.3, -0.25) is 0 Å². The number of piperidine rings is 1. The maximum atomic E-state index is 3.63. The lowest BCUT2D eigenvalue weighted by atomic mass is 9.96. The Hall–Kier alpha value is -0.540. The lowest BCUT2D eigenvalue weighted by Crippen LogP contribution is -2.49. The predicted octanol–water partition coefficient (Wildman–Crippen LogP) is 3.56. The highest BCUT2D eigenvalue weighted by atomic mass is 79.9. The molecule has 2 saturated heterocycles. The van der Waals surface area contributed by atoms with Gasteiger partial charge in [-0.15, -0.1) is 0 Å². The molecule has 2 bridgehead atoms. The molecule has 3 rings (SSSR count). The lowest BCUT2D eigenvalue weighted by molar-refractivity contribution is 0.361. The summed E-state index contributed by atoms with van der Waals surface area (Å²) in [5.74, 6) is 0. The van der Waals surface area contributed by atoms with Gasteiger partial charge in [0.05, 0.1) is 0 Å². The number of nitrogens with one attached hydrogen (secondary N) is 1. The van der Waals surface area contributed by atoms with Crippen LogP contribution in [0, 0.1) is 0 Å². The Morgan fingerprint density at radius 2 is 2.00 bits per heavy atom. The van der Waals surface area contributed by atoms with Gasteiger partial charge in [0.2, 0.25) is 0 Å². The van der Waals surface area contributed by atoms with Gasteiger partial charge in [0.15, 0.2) is 0 Å². The summed E-state index contributed by atoms with van der Waals surface area (Å²) in [5, 5.41) is 3.63. The van der Waals surface area contributed by atoms with Crippen LogP contribution in [0.2, 0.25) is 0 Å². The van der Waals surface area contributed by atoms with Crippen LogP contribution in [-0.2, 0) is 0 Å². The minimum atomic E-state index is 0.732. The number of rotatable bonds is 3. The third-order valence-electron chi connectivity index (χ3n) is 4.33. The quantitative estimate of drug-likeness (QED) is 0.918. The zero-order chi connectivity index (χ0) is 12.5. The van der Waals surface area contributed by atoms with Crippen LogP contribution in [0.25, 0.3) is 0 Å². The van der Waals surface area contributed by atoms with Gasteiger partial charge in [0.25, 0.3) is 0 Å². The minimum Gasteiger partial charge on any atom is -0.365 e. The van der Waals surface area contributed by atoms with Crippen molar-refractivity contribution in [3.63, 3.8) is 0 Å². The first kappa shape index (κ1) is 12.5. The largest absolute Gasteiger partial charge is 0.365 e. The number of halogens is 1. The first-order valence-corrected chi connectivity index (χ1v) is 7.84. The van der Waals surface area contributed by atoms with E-state index in [1.165, 1.54) is 35.8 Å². The Morgan fingerprint density at radius 1 is 1.28 bits per heavy atom. The summed E-state index contributed by atoms with van der Waals surface area (Å²) in [7, 11) is 0. The molecule has 2 atom stereocenters. The molecular formula is C15H21BrN2. The molecule has 2 unspecified atom stereocenters. The minimum absolute atomic E-state index is 0.732. The molecule has 0 aromatic heterocycles. The molecule has 1 aromatic rings. The maximum Gasteiger partial charge on any atom is 0.0382 e. The van der Waals surface area contributed by atoms with E-state index in [9.17, 15) is 0 Å². The Labute approximate surface area is 118 Å². The van der Waals surface area contributed by atoms with Gasteiger partial charge in [-0.1, -0.05) is 28.9 Å². The number of benzene rings is 1. The van der Waals surface area contributed by atoms with Crippen molar-refractivity contribution in [3.05, 3.63) is 28.7 Å². The van der Waals surface area contributed by atoms with Crippen molar-refractivity contribution < 1.29 is 0 Å². The van der Waals surface area contributed by atoms with Crippen LogP contribution >= 0.6 is 15.9 Å². The average molecular weight is 309 g/mol. The average Bonchev–Trinajstić information content (AvgIpc) is 2.62. The molecular weight excluding hydrogens is 288 g/mol. The van der Waals surface area contributed by atoms with Crippen molar-refractivity contribution in [2.24, 2.45) is 0 Å². The Bertz CT molecular complexity index is 407. The van der Waals surface area contributed by atoms with Gasteiger partial charge in [0.1, 0.15) is 0 Å². The molecule has 0 saturated carbocycles. The van der Waals surface area contributed by atoms with Gasteiger partial charge >= 0.3 is 0 Å². The third kappa shape index (κ3) is 2.30. The Balaban J connectivity index is 1.79. The normalized spacial score (nSPS) is 30.8. The van der Waals surface area contributed by atoms with E-state index in [2.05, 4.69) is 57.3 Å². The molecule has 2 nitrogen and oxygen atoms in total. The van der Waals surface area contributed by atoms with E-state index >= 15 is 0 Å². The highest BCUT2D eigenvalue weighted by molar-refractivity contribution is 9.10. The molecule has 0 spiro atoms. The number of hydrogen-bond donors (Lipinski definition) is 1. The zero-order valence-electron chi connectivity index (χ0n) is 10.9. The van der Waals surface area contributed by atoms with Crippen LogP contribution in [0.4, 0.5) is 5.69 Å². The van der Waals surface area contributed by atoms with Crippen LogP contribution in [-0.4, -0.2) is 24.7 Å². The van der Waals surface area contributed by atoms with E-state index < -0.39 is 0 Å². The first-order chi connectivity index (χ1) is 8.78. The number of nitrogens with zero attached hydrogens (tertiary/aromatic N) is 1. The van der Waals surface area contributed by atoms with E-state index in [0.29, 0.717) is 0 Å². The summed E-state index contributed by atoms with van der Waals surface area (Å²) < 4.78 is 1.19. The smallest absolute Gasteiger partial charge is 0.0382 e. The number of anilines is 1. The molecule has 2 fully saturated rings. The topological polar surface area (TPSA) is 15.3 Å². The summed E-state index contributed by atoms with van der Waals surface area (Å²) in [4.78, 5) is 2.67. The second-order valence-electron chi connectivity index (χ2n) is 5.50. The maximum absolute atomic E-state index is 3.63. The lowest BCUT2D eigenvalue weighted by Gasteiger charge is -2.41. The summed E-state index contributed by atoms with van der Waals surface area (Å²) >= 11 is 3.59. The van der Waals surface area contributed by atoms with Crippen molar-refractivity contribution >= 4 is 21.6 Å². The van der Waals surface area contributed by atoms with Gasteiger partial charge in [-0.2, -0.15) is 0 Å². The molecule has 0 amide bonds. The van der Waals surface area contributed by atoms with Crippen LogP contribution in [0.3, 0.4) is 0 Å². The SMILES string of the molecule is CCNC1CC2CCC(C1)N2c1cccc(Br)c1. The second-order valence-corrected chi connectivity index (χ2v) is 6.41. The van der Waals surface area contributed by atoms with E-state index in [1.807, 2.05) is 0 Å². The molecule has 2 heterocycles. The van der Waals surface area contributed by atoms with Crippen LogP contribution in [0.1, 0.15) is 32.6 Å². The van der Waals surface area contributed by atoms with Crippen LogP contribution in [0.15, 0.2) is 28.7 Å². The molecule has 1 N–H and O–H groups in total. The zero-order valence-corrected chi connectivity index (χ0v) is 12.5. The van der Waals surface area contributed by atoms with Gasteiger partial charge in [0, 0.05) is 28.3 Å². The van der Waals surface area contributed by atoms with E-state index in [0.717, 1.165) is 24.7 Å². The molecule has 18 heavy (non-hydrogen) atoms. The van der Waals surface area contributed by atoms with Crippen LogP contribution < -0.4 is 10.2 Å². The molecule has 98 valence electrons. The van der Waals surface area contributed by atoms with Crippen molar-refractivity contribution in [2.45, 2.75) is 50.7 Å². The fourth-order valence-corrected chi connectivity index (χ4v) is 4.08. The Morgan fingerprint density at radius 3 is 2.61 bits per heavy atom. The highest BCUT2D eigenvalue weighted by Crippen LogP contribution is 2.39. The van der Waals surface area contributed by atoms with Crippen molar-refractivity contribution in [3.8, 4) is 0 Å². The molecule has 3 heteroatoms. The van der Waals surface area contributed by atoms with Crippen molar-refractivity contribution in [1.82, 2.24) is 5.32 Å². The van der Waals surface area contributed by atoms with E-state index in [1.54, 1.807) is 0 Å². The summed E-state index contributed by atoms with van der Waals surface area (Å²) in [6.45, 7) is 3.31. The summed E-state index contributed by atoms with van der Waals surface area (Å²) in [6.07, 6.45) is 5.33. The predicted molar refractivity (Wildman–Crippen MR) is 80.1 cm³/mol. The van der Waals surface area contributed by atoms with E-state index in [-0.39, 0.29) is 0 Å². The fraction of sp³-hybridized carbons (Fsp3) is 0.600. The van der Waals surface area contributed by atoms with Gasteiger partial charge in [-0.05, 0) is 50.4 Å². The van der Waals surface area contributed by atoms with Gasteiger partial charge in [-0.25, -0.2) is 0 Å². The molecule has 0 aliphatic carbocycles. The number of fused-ring (bicyclic) bond motifs is 2. The van der Waals surface area contributed by atoms with E-state index in [4.69, 9.17) is 0 Å².